The number of fused-ring (bicyclic) bond motifs is 1. The molecule has 1 aliphatic carbocycles. The zero-order chi connectivity index (χ0) is 22.9. The molecule has 0 unspecified atom stereocenters. The molecular formula is C24H26FN5O3. The van der Waals surface area contributed by atoms with Gasteiger partial charge in [0.25, 0.3) is 5.91 Å². The average molecular weight is 452 g/mol. The van der Waals surface area contributed by atoms with Crippen LogP contribution in [-0.2, 0) is 4.79 Å². The van der Waals surface area contributed by atoms with E-state index in [0.29, 0.717) is 72.1 Å². The van der Waals surface area contributed by atoms with Crippen molar-refractivity contribution in [2.24, 2.45) is 5.92 Å². The van der Waals surface area contributed by atoms with Crippen LogP contribution in [0.25, 0.3) is 22.3 Å². The molecule has 0 atom stereocenters. The second-order valence-corrected chi connectivity index (χ2v) is 8.80. The number of aromatic nitrogens is 3. The lowest BCUT2D eigenvalue weighted by molar-refractivity contribution is -0.129. The molecule has 172 valence electrons. The smallest absolute Gasteiger partial charge is 0.255 e. The van der Waals surface area contributed by atoms with Crippen LogP contribution >= 0.6 is 0 Å². The molecule has 0 spiro atoms. The molecule has 2 aliphatic rings. The normalized spacial score (nSPS) is 16.7. The van der Waals surface area contributed by atoms with E-state index < -0.39 is 0 Å². The number of H-pyrrole nitrogens is 1. The number of amides is 2. The molecular weight excluding hydrogens is 425 g/mol. The fraction of sp³-hybridized carbons (Fsp3) is 0.417. The predicted octanol–water partition coefficient (Wildman–Crippen LogP) is 3.29. The summed E-state index contributed by atoms with van der Waals surface area (Å²) in [5.41, 5.74) is 2.72. The maximum Gasteiger partial charge on any atom is 0.255 e. The number of piperidine rings is 1. The van der Waals surface area contributed by atoms with Crippen molar-refractivity contribution in [3.05, 3.63) is 42.1 Å². The van der Waals surface area contributed by atoms with E-state index in [1.165, 1.54) is 18.5 Å². The summed E-state index contributed by atoms with van der Waals surface area (Å²) in [5, 5.41) is 3.06. The molecule has 1 saturated carbocycles. The number of nitrogens with zero attached hydrogens (tertiary/aromatic N) is 3. The van der Waals surface area contributed by atoms with Gasteiger partial charge in [-0.1, -0.05) is 0 Å². The van der Waals surface area contributed by atoms with Gasteiger partial charge in [0, 0.05) is 43.9 Å². The van der Waals surface area contributed by atoms with Gasteiger partial charge in [0.15, 0.2) is 0 Å². The van der Waals surface area contributed by atoms with E-state index in [-0.39, 0.29) is 23.7 Å². The first-order valence-corrected chi connectivity index (χ1v) is 11.3. The molecule has 33 heavy (non-hydrogen) atoms. The SMILES string of the molecule is CC(=O)N1CCC(NC(=O)c2c[nH]c3c(-c4ccc(F)cc4OCC4CC4)ncnc23)CC1. The van der Waals surface area contributed by atoms with Crippen LogP contribution in [0.2, 0.25) is 0 Å². The Bertz CT molecular complexity index is 1200. The van der Waals surface area contributed by atoms with Crippen molar-refractivity contribution < 1.29 is 18.7 Å². The molecule has 2 amide bonds. The van der Waals surface area contributed by atoms with Crippen LogP contribution in [0.4, 0.5) is 4.39 Å². The number of carbonyl (C=O) groups is 2. The summed E-state index contributed by atoms with van der Waals surface area (Å²) in [6.45, 7) is 3.38. The Kier molecular flexibility index (Phi) is 5.70. The lowest BCUT2D eigenvalue weighted by Crippen LogP contribution is -2.45. The van der Waals surface area contributed by atoms with E-state index in [0.717, 1.165) is 12.8 Å². The third-order valence-corrected chi connectivity index (χ3v) is 6.35. The molecule has 1 aromatic carbocycles. The summed E-state index contributed by atoms with van der Waals surface area (Å²) in [7, 11) is 0. The van der Waals surface area contributed by atoms with Gasteiger partial charge >= 0.3 is 0 Å². The number of rotatable bonds is 6. The van der Waals surface area contributed by atoms with Crippen molar-refractivity contribution in [1.29, 1.82) is 0 Å². The molecule has 0 bridgehead atoms. The van der Waals surface area contributed by atoms with Gasteiger partial charge in [-0.3, -0.25) is 9.59 Å². The van der Waals surface area contributed by atoms with Gasteiger partial charge < -0.3 is 19.9 Å². The number of halogens is 1. The van der Waals surface area contributed by atoms with E-state index in [1.807, 2.05) is 0 Å². The first-order valence-electron chi connectivity index (χ1n) is 11.3. The average Bonchev–Trinajstić information content (AvgIpc) is 3.54. The fourth-order valence-electron chi connectivity index (χ4n) is 4.22. The van der Waals surface area contributed by atoms with Crippen molar-refractivity contribution in [2.45, 2.75) is 38.6 Å². The fourth-order valence-corrected chi connectivity index (χ4v) is 4.22. The van der Waals surface area contributed by atoms with Crippen molar-refractivity contribution >= 4 is 22.8 Å². The molecule has 2 aromatic heterocycles. The standard InChI is InChI=1S/C24H26FN5O3/c1-14(31)30-8-6-17(7-9-30)29-24(32)19-11-26-23-21(27-13-28-22(19)23)18-5-4-16(25)10-20(18)33-12-15-2-3-15/h4-5,10-11,13,15,17,26H,2-3,6-9,12H2,1H3,(H,29,32). The molecule has 3 heterocycles. The Labute approximate surface area is 190 Å². The van der Waals surface area contributed by atoms with Crippen molar-refractivity contribution in [3.63, 3.8) is 0 Å². The van der Waals surface area contributed by atoms with Crippen LogP contribution in [0, 0.1) is 11.7 Å². The Morgan fingerprint density at radius 3 is 2.73 bits per heavy atom. The van der Waals surface area contributed by atoms with Crippen LogP contribution in [0.5, 0.6) is 5.75 Å². The lowest BCUT2D eigenvalue weighted by Gasteiger charge is -2.31. The Morgan fingerprint density at radius 2 is 2.00 bits per heavy atom. The number of nitrogens with one attached hydrogen (secondary N) is 2. The highest BCUT2D eigenvalue weighted by Crippen LogP contribution is 2.36. The molecule has 9 heteroatoms. The number of ether oxygens (including phenoxy) is 1. The molecule has 1 saturated heterocycles. The van der Waals surface area contributed by atoms with E-state index >= 15 is 0 Å². The van der Waals surface area contributed by atoms with Crippen molar-refractivity contribution in [1.82, 2.24) is 25.2 Å². The molecule has 2 N–H and O–H groups in total. The van der Waals surface area contributed by atoms with Gasteiger partial charge in [-0.2, -0.15) is 0 Å². The summed E-state index contributed by atoms with van der Waals surface area (Å²) >= 11 is 0. The minimum absolute atomic E-state index is 0.00103. The van der Waals surface area contributed by atoms with Crippen LogP contribution in [0.1, 0.15) is 43.0 Å². The van der Waals surface area contributed by atoms with E-state index in [2.05, 4.69) is 20.3 Å². The number of aromatic amines is 1. The predicted molar refractivity (Wildman–Crippen MR) is 120 cm³/mol. The summed E-state index contributed by atoms with van der Waals surface area (Å²) in [5.74, 6) is 0.407. The first kappa shape index (κ1) is 21.4. The third kappa shape index (κ3) is 4.53. The number of hydrogen-bond donors (Lipinski definition) is 2. The van der Waals surface area contributed by atoms with E-state index in [4.69, 9.17) is 4.74 Å². The maximum absolute atomic E-state index is 13.9. The summed E-state index contributed by atoms with van der Waals surface area (Å²) < 4.78 is 19.8. The summed E-state index contributed by atoms with van der Waals surface area (Å²) in [6.07, 6.45) is 6.71. The largest absolute Gasteiger partial charge is 0.492 e. The molecule has 2 fully saturated rings. The molecule has 5 rings (SSSR count). The molecule has 8 nitrogen and oxygen atoms in total. The second-order valence-electron chi connectivity index (χ2n) is 8.80. The van der Waals surface area contributed by atoms with Crippen molar-refractivity contribution in [3.8, 4) is 17.0 Å². The van der Waals surface area contributed by atoms with Gasteiger partial charge in [0.2, 0.25) is 5.91 Å². The maximum atomic E-state index is 13.9. The Hall–Kier alpha value is -3.49. The quantitative estimate of drug-likeness (QED) is 0.599. The van der Waals surface area contributed by atoms with Gasteiger partial charge in [-0.25, -0.2) is 14.4 Å². The number of benzene rings is 1. The van der Waals surface area contributed by atoms with Crippen LogP contribution in [-0.4, -0.2) is 57.4 Å². The topological polar surface area (TPSA) is 100 Å². The van der Waals surface area contributed by atoms with Crippen LogP contribution in [0.3, 0.4) is 0 Å². The van der Waals surface area contributed by atoms with Gasteiger partial charge in [0.05, 0.1) is 17.7 Å². The van der Waals surface area contributed by atoms with Crippen LogP contribution < -0.4 is 10.1 Å². The number of likely N-dealkylation sites (tertiary alicyclic amines) is 1. The van der Waals surface area contributed by atoms with Gasteiger partial charge in [-0.05, 0) is 43.7 Å². The van der Waals surface area contributed by atoms with E-state index in [9.17, 15) is 14.0 Å². The molecule has 0 radical (unpaired) electrons. The van der Waals surface area contributed by atoms with E-state index in [1.54, 1.807) is 24.1 Å². The van der Waals surface area contributed by atoms with Gasteiger partial charge in [0.1, 0.15) is 29.1 Å². The molecule has 1 aliphatic heterocycles. The summed E-state index contributed by atoms with van der Waals surface area (Å²) in [4.78, 5) is 38.2. The Morgan fingerprint density at radius 1 is 1.21 bits per heavy atom. The summed E-state index contributed by atoms with van der Waals surface area (Å²) in [6, 6.07) is 4.38. The first-order chi connectivity index (χ1) is 16.0. The Balaban J connectivity index is 1.39. The highest BCUT2D eigenvalue weighted by Gasteiger charge is 2.26. The third-order valence-electron chi connectivity index (χ3n) is 6.35. The van der Waals surface area contributed by atoms with Crippen molar-refractivity contribution in [2.75, 3.05) is 19.7 Å². The van der Waals surface area contributed by atoms with Crippen LogP contribution in [0.15, 0.2) is 30.7 Å². The van der Waals surface area contributed by atoms with Gasteiger partial charge in [-0.15, -0.1) is 0 Å². The number of hydrogen-bond acceptors (Lipinski definition) is 5. The second kappa shape index (κ2) is 8.80. The minimum Gasteiger partial charge on any atom is -0.492 e. The minimum atomic E-state index is -0.378. The number of carbonyl (C=O) groups excluding carboxylic acids is 2. The monoisotopic (exact) mass is 451 g/mol. The zero-order valence-electron chi connectivity index (χ0n) is 18.4. The highest BCUT2D eigenvalue weighted by atomic mass is 19.1. The lowest BCUT2D eigenvalue weighted by atomic mass is 10.0. The highest BCUT2D eigenvalue weighted by molar-refractivity contribution is 6.07. The zero-order valence-corrected chi connectivity index (χ0v) is 18.4. The molecule has 3 aromatic rings.